The van der Waals surface area contributed by atoms with E-state index in [4.69, 9.17) is 0 Å². The van der Waals surface area contributed by atoms with Crippen LogP contribution in [0, 0.1) is 23.7 Å². The van der Waals surface area contributed by atoms with Crippen LogP contribution >= 0.6 is 0 Å². The number of rotatable bonds is 4. The van der Waals surface area contributed by atoms with Gasteiger partial charge in [0.25, 0.3) is 0 Å². The molecule has 0 radical (unpaired) electrons. The maximum atomic E-state index is 10.5. The molecule has 0 bridgehead atoms. The summed E-state index contributed by atoms with van der Waals surface area (Å²) >= 11 is 0. The van der Waals surface area contributed by atoms with Gasteiger partial charge in [-0.25, -0.2) is 0 Å². The summed E-state index contributed by atoms with van der Waals surface area (Å²) in [6, 6.07) is 0. The summed E-state index contributed by atoms with van der Waals surface area (Å²) in [6.07, 6.45) is 5.70. The van der Waals surface area contributed by atoms with Crippen LogP contribution in [0.1, 0.15) is 40.0 Å². The standard InChI is InChI=1S/C16H32OSi/c1-12(2)14-8-7-13(3)11-15(14)16(17)9-10-18(4,5)6/h9-10,12-17H,7-8,11H2,1-6H3/b10-9+/t13-,14+,15-,16+/m1/s1. The monoisotopic (exact) mass is 268 g/mol. The summed E-state index contributed by atoms with van der Waals surface area (Å²) in [5.41, 5.74) is 2.30. The smallest absolute Gasteiger partial charge is 0.0748 e. The van der Waals surface area contributed by atoms with Crippen LogP contribution in [0.2, 0.25) is 19.6 Å². The van der Waals surface area contributed by atoms with E-state index in [-0.39, 0.29) is 6.10 Å². The average Bonchev–Trinajstić information content (AvgIpc) is 2.24. The molecule has 106 valence electrons. The van der Waals surface area contributed by atoms with Crippen LogP contribution < -0.4 is 0 Å². The van der Waals surface area contributed by atoms with Crippen LogP contribution in [0.25, 0.3) is 0 Å². The van der Waals surface area contributed by atoms with Crippen molar-refractivity contribution in [1.29, 1.82) is 0 Å². The average molecular weight is 269 g/mol. The van der Waals surface area contributed by atoms with Crippen molar-refractivity contribution in [2.45, 2.75) is 65.8 Å². The van der Waals surface area contributed by atoms with E-state index >= 15 is 0 Å². The van der Waals surface area contributed by atoms with Gasteiger partial charge in [0.1, 0.15) is 0 Å². The van der Waals surface area contributed by atoms with Gasteiger partial charge >= 0.3 is 0 Å². The first-order valence-electron chi connectivity index (χ1n) is 7.58. The molecule has 0 amide bonds. The zero-order valence-corrected chi connectivity index (χ0v) is 14.1. The third kappa shape index (κ3) is 4.89. The largest absolute Gasteiger partial charge is 0.389 e. The van der Waals surface area contributed by atoms with Crippen molar-refractivity contribution in [3.63, 3.8) is 0 Å². The molecule has 1 fully saturated rings. The normalized spacial score (nSPS) is 32.1. The van der Waals surface area contributed by atoms with E-state index in [1.807, 2.05) is 0 Å². The van der Waals surface area contributed by atoms with Crippen LogP contribution in [-0.4, -0.2) is 19.3 Å². The molecule has 1 nitrogen and oxygen atoms in total. The number of aliphatic hydroxyl groups excluding tert-OH is 1. The second-order valence-electron chi connectivity index (χ2n) is 7.71. The molecule has 1 saturated carbocycles. The number of hydrogen-bond donors (Lipinski definition) is 1. The van der Waals surface area contributed by atoms with E-state index in [0.717, 1.165) is 5.92 Å². The molecule has 4 atom stereocenters. The molecule has 0 saturated heterocycles. The molecule has 0 aromatic heterocycles. The maximum Gasteiger partial charge on any atom is 0.0748 e. The highest BCUT2D eigenvalue weighted by molar-refractivity contribution is 6.80. The van der Waals surface area contributed by atoms with Crippen molar-refractivity contribution in [2.75, 3.05) is 0 Å². The van der Waals surface area contributed by atoms with Gasteiger partial charge in [0.2, 0.25) is 0 Å². The lowest BCUT2D eigenvalue weighted by Crippen LogP contribution is -2.35. The lowest BCUT2D eigenvalue weighted by molar-refractivity contribution is 0.0427. The third-order valence-corrected chi connectivity index (χ3v) is 5.50. The van der Waals surface area contributed by atoms with E-state index in [1.54, 1.807) is 0 Å². The van der Waals surface area contributed by atoms with Crippen molar-refractivity contribution in [3.05, 3.63) is 11.8 Å². The van der Waals surface area contributed by atoms with Gasteiger partial charge in [-0.2, -0.15) is 0 Å². The zero-order valence-electron chi connectivity index (χ0n) is 13.1. The molecule has 1 aliphatic rings. The molecule has 18 heavy (non-hydrogen) atoms. The van der Waals surface area contributed by atoms with E-state index in [2.05, 4.69) is 52.2 Å². The van der Waals surface area contributed by atoms with Gasteiger partial charge < -0.3 is 5.11 Å². The topological polar surface area (TPSA) is 20.2 Å². The van der Waals surface area contributed by atoms with Gasteiger partial charge in [0.05, 0.1) is 14.2 Å². The number of aliphatic hydroxyl groups is 1. The Bertz CT molecular complexity index is 277. The SMILES string of the molecule is CC(C)[C@@H]1CC[C@@H](C)C[C@H]1[C@@H](O)/C=C/[Si](C)(C)C. The lowest BCUT2D eigenvalue weighted by Gasteiger charge is -2.39. The minimum absolute atomic E-state index is 0.230. The Hall–Kier alpha value is -0.0831. The molecule has 0 aromatic carbocycles. The first-order valence-corrected chi connectivity index (χ1v) is 11.2. The summed E-state index contributed by atoms with van der Waals surface area (Å²) < 4.78 is 0. The maximum absolute atomic E-state index is 10.5. The minimum Gasteiger partial charge on any atom is -0.389 e. The molecule has 1 N–H and O–H groups in total. The number of hydrogen-bond acceptors (Lipinski definition) is 1. The summed E-state index contributed by atoms with van der Waals surface area (Å²) in [6.45, 7) is 13.9. The second-order valence-corrected chi connectivity index (χ2v) is 12.8. The van der Waals surface area contributed by atoms with Gasteiger partial charge in [-0.3, -0.25) is 0 Å². The molecule has 1 rings (SSSR count). The molecule has 1 aliphatic carbocycles. The quantitative estimate of drug-likeness (QED) is 0.745. The molecular weight excluding hydrogens is 236 g/mol. The van der Waals surface area contributed by atoms with Gasteiger partial charge in [-0.1, -0.05) is 58.6 Å². The highest BCUT2D eigenvalue weighted by Gasteiger charge is 2.34. The summed E-state index contributed by atoms with van der Waals surface area (Å²) in [7, 11) is -1.19. The Morgan fingerprint density at radius 2 is 1.72 bits per heavy atom. The van der Waals surface area contributed by atoms with E-state index in [1.165, 1.54) is 19.3 Å². The van der Waals surface area contributed by atoms with Crippen molar-refractivity contribution in [1.82, 2.24) is 0 Å². The van der Waals surface area contributed by atoms with Crippen molar-refractivity contribution < 1.29 is 5.11 Å². The molecule has 0 aliphatic heterocycles. The van der Waals surface area contributed by atoms with Crippen molar-refractivity contribution >= 4 is 8.07 Å². The molecule has 0 spiro atoms. The fourth-order valence-electron chi connectivity index (χ4n) is 3.20. The summed E-state index contributed by atoms with van der Waals surface area (Å²) in [4.78, 5) is 0. The van der Waals surface area contributed by atoms with Crippen molar-refractivity contribution in [2.24, 2.45) is 23.7 Å². The third-order valence-electron chi connectivity index (χ3n) is 4.31. The predicted molar refractivity (Wildman–Crippen MR) is 83.3 cm³/mol. The van der Waals surface area contributed by atoms with E-state index in [0.29, 0.717) is 17.8 Å². The Balaban J connectivity index is 2.72. The van der Waals surface area contributed by atoms with Crippen LogP contribution in [-0.2, 0) is 0 Å². The predicted octanol–water partition coefficient (Wildman–Crippen LogP) is 4.49. The molecular formula is C16H32OSi. The van der Waals surface area contributed by atoms with Crippen LogP contribution in [0.5, 0.6) is 0 Å². The Morgan fingerprint density at radius 1 is 1.11 bits per heavy atom. The van der Waals surface area contributed by atoms with Gasteiger partial charge in [-0.05, 0) is 36.5 Å². The first-order chi connectivity index (χ1) is 8.20. The molecule has 0 aromatic rings. The molecule has 2 heteroatoms. The van der Waals surface area contributed by atoms with Crippen LogP contribution in [0.3, 0.4) is 0 Å². The fourth-order valence-corrected chi connectivity index (χ4v) is 3.97. The van der Waals surface area contributed by atoms with E-state index in [9.17, 15) is 5.11 Å². The minimum atomic E-state index is -1.19. The second kappa shape index (κ2) is 6.38. The molecule has 0 heterocycles. The summed E-state index contributed by atoms with van der Waals surface area (Å²) in [5.74, 6) is 2.64. The van der Waals surface area contributed by atoms with Crippen LogP contribution in [0.4, 0.5) is 0 Å². The van der Waals surface area contributed by atoms with Crippen LogP contribution in [0.15, 0.2) is 11.8 Å². The van der Waals surface area contributed by atoms with Gasteiger partial charge in [0, 0.05) is 0 Å². The highest BCUT2D eigenvalue weighted by Crippen LogP contribution is 2.40. The fraction of sp³-hybridized carbons (Fsp3) is 0.875. The first kappa shape index (κ1) is 16.0. The molecule has 0 unspecified atom stereocenters. The Morgan fingerprint density at radius 3 is 2.22 bits per heavy atom. The lowest BCUT2D eigenvalue weighted by atomic mass is 9.68. The highest BCUT2D eigenvalue weighted by atomic mass is 28.3. The Labute approximate surface area is 115 Å². The van der Waals surface area contributed by atoms with Gasteiger partial charge in [0.15, 0.2) is 0 Å². The van der Waals surface area contributed by atoms with E-state index < -0.39 is 8.07 Å². The van der Waals surface area contributed by atoms with Gasteiger partial charge in [-0.15, -0.1) is 0 Å². The Kier molecular flexibility index (Phi) is 5.66. The van der Waals surface area contributed by atoms with Crippen molar-refractivity contribution in [3.8, 4) is 0 Å². The zero-order chi connectivity index (χ0) is 13.9. The summed E-state index contributed by atoms with van der Waals surface area (Å²) in [5, 5.41) is 10.5.